The van der Waals surface area contributed by atoms with Crippen molar-refractivity contribution in [1.82, 2.24) is 4.98 Å². The van der Waals surface area contributed by atoms with Gasteiger partial charge < -0.3 is 53.4 Å². The Morgan fingerprint density at radius 1 is 0.915 bits per heavy atom. The van der Waals surface area contributed by atoms with Gasteiger partial charge in [-0.1, -0.05) is 84.0 Å². The van der Waals surface area contributed by atoms with Gasteiger partial charge in [-0.3, -0.25) is 19.2 Å². The molecular formula is C64H81N4O12S2+. The molecule has 2 saturated heterocycles. The number of hydrogen-bond donors (Lipinski definition) is 4. The molecule has 1 aromatic heterocycles. The van der Waals surface area contributed by atoms with Gasteiger partial charge in [0, 0.05) is 114 Å². The van der Waals surface area contributed by atoms with Crippen LogP contribution in [0.2, 0.25) is 0 Å². The molecule has 11 atom stereocenters. The highest BCUT2D eigenvalue weighted by molar-refractivity contribution is 8.19. The second-order valence-corrected chi connectivity index (χ2v) is 27.1. The van der Waals surface area contributed by atoms with E-state index in [0.29, 0.717) is 35.3 Å². The van der Waals surface area contributed by atoms with Crippen molar-refractivity contribution in [3.63, 3.8) is 0 Å². The summed E-state index contributed by atoms with van der Waals surface area (Å²) in [6, 6.07) is 12.8. The van der Waals surface area contributed by atoms with Gasteiger partial charge in [-0.25, -0.2) is 4.98 Å². The van der Waals surface area contributed by atoms with Crippen LogP contribution in [0.25, 0.3) is 38.7 Å². The first-order valence-electron chi connectivity index (χ1n) is 28.7. The summed E-state index contributed by atoms with van der Waals surface area (Å²) in [5, 5.41) is 41.0. The Morgan fingerprint density at radius 2 is 1.61 bits per heavy atom. The van der Waals surface area contributed by atoms with Crippen LogP contribution in [-0.2, 0) is 36.8 Å². The Kier molecular flexibility index (Phi) is 17.9. The number of phenolic OH excluding ortho intramolecular Hbond substituents is 1. The largest absolute Gasteiger partial charge is 0.507 e. The van der Waals surface area contributed by atoms with Crippen molar-refractivity contribution >= 4 is 85.5 Å². The average Bonchev–Trinajstić information content (AvgIpc) is 3.90. The number of fused-ring (bicyclic) bond motifs is 2. The molecule has 4 aliphatic rings. The molecule has 5 aromatic rings. The summed E-state index contributed by atoms with van der Waals surface area (Å²) in [7, 11) is 6.08. The highest BCUT2D eigenvalue weighted by Gasteiger charge is 2.44. The molecule has 4 aliphatic heterocycles. The third-order valence-electron chi connectivity index (χ3n) is 18.3. The first-order chi connectivity index (χ1) is 38.8. The zero-order valence-corrected chi connectivity index (χ0v) is 51.2. The average molecular weight is 1160 g/mol. The van der Waals surface area contributed by atoms with E-state index in [9.17, 15) is 29.7 Å². The molecule has 5 heterocycles. The Morgan fingerprint density at radius 3 is 2.27 bits per heavy atom. The second-order valence-electron chi connectivity index (χ2n) is 24.1. The lowest BCUT2D eigenvalue weighted by atomic mass is 9.73. The predicted molar refractivity (Wildman–Crippen MR) is 327 cm³/mol. The quantitative estimate of drug-likeness (QED) is 0.0469. The first kappa shape index (κ1) is 60.5. The fraction of sp³-hybridized carbons (Fsp3) is 0.516. The van der Waals surface area contributed by atoms with Gasteiger partial charge in [-0.05, 0) is 56.1 Å². The number of rotatable bonds is 9. The maximum absolute atomic E-state index is 15.1. The molecule has 18 heteroatoms. The number of aromatic nitrogens is 1. The van der Waals surface area contributed by atoms with Gasteiger partial charge in [0.1, 0.15) is 35.4 Å². The van der Waals surface area contributed by atoms with E-state index in [2.05, 4.69) is 79.0 Å². The number of allylic oxidation sites excluding steroid dienone is 2. The maximum atomic E-state index is 15.1. The Balaban J connectivity index is 1.09. The number of quaternary nitrogens is 1. The van der Waals surface area contributed by atoms with Crippen molar-refractivity contribution in [3.8, 4) is 11.5 Å². The molecule has 4 aromatic carbocycles. The molecule has 0 spiro atoms. The molecule has 11 unspecified atom stereocenters. The minimum absolute atomic E-state index is 0.0206. The van der Waals surface area contributed by atoms with E-state index in [1.165, 1.54) is 62.8 Å². The number of benzene rings is 4. The molecular weight excluding hydrogens is 1080 g/mol. The molecule has 2 fully saturated rings. The van der Waals surface area contributed by atoms with Gasteiger partial charge >= 0.3 is 11.8 Å². The van der Waals surface area contributed by atoms with Crippen LogP contribution in [0.5, 0.6) is 11.5 Å². The molecule has 9 rings (SSSR count). The van der Waals surface area contributed by atoms with Crippen molar-refractivity contribution in [2.45, 2.75) is 142 Å². The van der Waals surface area contributed by atoms with Crippen molar-refractivity contribution in [2.24, 2.45) is 29.6 Å². The summed E-state index contributed by atoms with van der Waals surface area (Å²) >= 11 is 4.14. The van der Waals surface area contributed by atoms with Gasteiger partial charge in [0.2, 0.25) is 10.9 Å². The van der Waals surface area contributed by atoms with Gasteiger partial charge in [0.05, 0.1) is 49.2 Å². The summed E-state index contributed by atoms with van der Waals surface area (Å²) in [5.41, 5.74) is 1.58. The van der Waals surface area contributed by atoms with Crippen molar-refractivity contribution in [2.75, 3.05) is 49.6 Å². The minimum Gasteiger partial charge on any atom is -0.507 e. The summed E-state index contributed by atoms with van der Waals surface area (Å²) in [4.78, 5) is 63.5. The number of hydrogen-bond acceptors (Lipinski definition) is 16. The lowest BCUT2D eigenvalue weighted by molar-refractivity contribution is -0.928. The second kappa shape index (κ2) is 24.3. The number of methoxy groups -OCH3 is 1. The number of aryl methyl sites for hydroxylation is 1. The van der Waals surface area contributed by atoms with Crippen LogP contribution >= 0.6 is 23.5 Å². The third kappa shape index (κ3) is 11.9. The summed E-state index contributed by atoms with van der Waals surface area (Å²) < 4.78 is 32.0. The Labute approximate surface area is 488 Å². The number of aliphatic hydroxyl groups excluding tert-OH is 2. The van der Waals surface area contributed by atoms with Crippen LogP contribution in [0.3, 0.4) is 0 Å². The Hall–Kier alpha value is -6.05. The lowest BCUT2D eigenvalue weighted by Crippen LogP contribution is -2.53. The number of aliphatic hydroxyl groups is 2. The number of nitrogens with one attached hydrogen (secondary N) is 1. The number of esters is 1. The summed E-state index contributed by atoms with van der Waals surface area (Å²) in [6.45, 7) is 20.2. The van der Waals surface area contributed by atoms with Gasteiger partial charge in [0.15, 0.2) is 22.4 Å². The standard InChI is InChI=1S/C64H80N4O12S2/c1-33-15-14-16-34(2)63(75)66-55-58(73)51-50(52-60(39(7)57(51)72)80-64(10,62(52)74)77-28-25-47(76-13)38(6)59(78-41(9)69)37(5)35(3)36(4)56(33)71)54-61(55)79-48-30-44(29-46(70)53(48)65-54)67-26-23-45(24-27-67)68(11,12)31-43-19-17-42(18-20-43)21-22-49-40(8)81-32-82-49/h14-20,25,28-30,33,35-38,40,45,47,49,56,59,71H,21-24,26-27,31-32H2,1-13H3,(H2-,65,66,70,72,73,74,75)/p+1/b15-14+,28-25+,34-16?. The molecule has 440 valence electrons. The van der Waals surface area contributed by atoms with Crippen molar-refractivity contribution in [3.05, 3.63) is 115 Å². The molecule has 0 aliphatic carbocycles. The summed E-state index contributed by atoms with van der Waals surface area (Å²) in [6.07, 6.45) is 9.79. The molecule has 4 N–H and O–H groups in total. The number of amides is 1. The van der Waals surface area contributed by atoms with Crippen molar-refractivity contribution < 1.29 is 52.8 Å². The van der Waals surface area contributed by atoms with E-state index >= 15 is 4.79 Å². The van der Waals surface area contributed by atoms with E-state index in [1.807, 2.05) is 34.6 Å². The predicted octanol–water partition coefficient (Wildman–Crippen LogP) is 10.2. The number of aromatic hydroxyl groups is 1. The van der Waals surface area contributed by atoms with E-state index in [0.717, 1.165) is 30.3 Å². The fourth-order valence-corrected chi connectivity index (χ4v) is 15.9. The van der Waals surface area contributed by atoms with Crippen LogP contribution in [0.15, 0.2) is 86.5 Å². The third-order valence-corrected chi connectivity index (χ3v) is 21.5. The van der Waals surface area contributed by atoms with E-state index in [4.69, 9.17) is 28.3 Å². The number of carbonyl (C=O) groups excluding carboxylic acids is 2. The van der Waals surface area contributed by atoms with Gasteiger partial charge in [-0.15, -0.1) is 23.5 Å². The van der Waals surface area contributed by atoms with Gasteiger partial charge in [-0.2, -0.15) is 0 Å². The summed E-state index contributed by atoms with van der Waals surface area (Å²) in [5.74, 6) is -5.65. The van der Waals surface area contributed by atoms with Gasteiger partial charge in [0.25, 0.3) is 5.91 Å². The van der Waals surface area contributed by atoms with Crippen LogP contribution in [0.4, 0.5) is 11.4 Å². The van der Waals surface area contributed by atoms with E-state index in [-0.39, 0.29) is 84.4 Å². The number of ether oxygens (including phenoxy) is 4. The van der Waals surface area contributed by atoms with E-state index < -0.39 is 64.3 Å². The molecule has 0 radical (unpaired) electrons. The van der Waals surface area contributed by atoms with Crippen LogP contribution in [0.1, 0.15) is 98.3 Å². The monoisotopic (exact) mass is 1160 g/mol. The highest BCUT2D eigenvalue weighted by Crippen LogP contribution is 2.43. The topological polar surface area (TPSA) is 207 Å². The van der Waals surface area contributed by atoms with Crippen molar-refractivity contribution in [1.29, 1.82) is 0 Å². The Bertz CT molecular complexity index is 3540. The SMILES string of the molecule is COC1/C=C/OC2(C)Oc3c(C)c(O)c4c(=O)c(c5oc6cc(N7CCC([N+](C)(C)Cc8ccc(CCC9SCSC9C)cc8)CC7)cc(=O)c6nc5c4c3=C2O)NC(=O)C(C)=C/C=C/C(C)C(O)C(C)C(C)C(C)C(OC(C)=O)C1C. The zero-order chi connectivity index (χ0) is 59.3. The number of nitrogens with zero attached hydrogens (tertiary/aromatic N) is 3. The minimum atomic E-state index is -1.96. The molecule has 4 bridgehead atoms. The smallest absolute Gasteiger partial charge is 0.307 e. The molecule has 16 nitrogen and oxygen atoms in total. The number of piperidine rings is 1. The van der Waals surface area contributed by atoms with Crippen LogP contribution < -0.4 is 31.0 Å². The van der Waals surface area contributed by atoms with E-state index in [1.54, 1.807) is 37.3 Å². The maximum Gasteiger partial charge on any atom is 0.307 e. The zero-order valence-electron chi connectivity index (χ0n) is 49.5. The number of carbonyl (C=O) groups is 2. The first-order valence-corrected chi connectivity index (χ1v) is 30.8. The molecule has 82 heavy (non-hydrogen) atoms. The lowest BCUT2D eigenvalue weighted by Gasteiger charge is -2.43. The number of thioether (sulfide) groups is 2. The number of anilines is 2. The van der Waals surface area contributed by atoms with Crippen LogP contribution in [0, 0.1) is 36.5 Å². The van der Waals surface area contributed by atoms with Crippen LogP contribution in [-0.4, -0.2) is 117 Å². The highest BCUT2D eigenvalue weighted by atomic mass is 32.2. The fourth-order valence-electron chi connectivity index (χ4n) is 12.6. The molecule has 1 amide bonds. The molecule has 0 saturated carbocycles. The normalized spacial score (nSPS) is 28.8. The number of phenols is 1.